The topological polar surface area (TPSA) is 201 Å². The number of rotatable bonds is 6. The molecule has 22 heteroatoms. The summed E-state index contributed by atoms with van der Waals surface area (Å²) in [5, 5.41) is 21.7. The van der Waals surface area contributed by atoms with Crippen LogP contribution in [0.5, 0.6) is 0 Å². The van der Waals surface area contributed by atoms with Gasteiger partial charge >= 0.3 is 34.3 Å². The monoisotopic (exact) mass is 758 g/mol. The van der Waals surface area contributed by atoms with E-state index in [2.05, 4.69) is 24.7 Å². The van der Waals surface area contributed by atoms with E-state index in [9.17, 15) is 39.0 Å². The first-order valence-electron chi connectivity index (χ1n) is 10.4. The maximum atomic E-state index is 14.2. The van der Waals surface area contributed by atoms with Crippen molar-refractivity contribution in [2.24, 2.45) is 9.50 Å². The van der Waals surface area contributed by atoms with Crippen LogP contribution in [0.1, 0.15) is 4.88 Å². The molecule has 1 unspecified atom stereocenters. The molecule has 0 aliphatic heterocycles. The Labute approximate surface area is 256 Å². The van der Waals surface area contributed by atoms with Crippen LogP contribution in [-0.2, 0) is 29.3 Å². The van der Waals surface area contributed by atoms with E-state index < -0.39 is 44.0 Å². The lowest BCUT2D eigenvalue weighted by Gasteiger charge is -2.11. The second-order valence-corrected chi connectivity index (χ2v) is 14.2. The van der Waals surface area contributed by atoms with Crippen molar-refractivity contribution in [3.63, 3.8) is 0 Å². The molecule has 0 radical (unpaired) electrons. The second kappa shape index (κ2) is 15.0. The lowest BCUT2D eigenvalue weighted by molar-refractivity contribution is -0.193. The first kappa shape index (κ1) is 37.8. The fourth-order valence-electron chi connectivity index (χ4n) is 2.35. The standard InChI is InChI=1S/C17H15BrN4O3S4.2C2HF3O2/c1-26-17-14(10-13(27-17)16(19)20)28(23,12-6-4-5-11(18)9-12)22-29(24,25)15-7-2-3-8-21-15;2*3-2(4,5)1(6)7/h2-10H,1H3,(H3,19,20);2*(H,6,7). The number of benzene rings is 1. The van der Waals surface area contributed by atoms with Crippen LogP contribution in [0.2, 0.25) is 0 Å². The number of carboxylic acids is 2. The second-order valence-electron chi connectivity index (χ2n) is 7.19. The molecule has 43 heavy (non-hydrogen) atoms. The molecule has 236 valence electrons. The predicted octanol–water partition coefficient (Wildman–Crippen LogP) is 5.45. The van der Waals surface area contributed by atoms with Crippen molar-refractivity contribution in [1.82, 2.24) is 4.98 Å². The molecule has 3 rings (SSSR count). The highest BCUT2D eigenvalue weighted by atomic mass is 79.9. The van der Waals surface area contributed by atoms with Crippen molar-refractivity contribution in [3.8, 4) is 0 Å². The van der Waals surface area contributed by atoms with E-state index in [0.29, 0.717) is 13.6 Å². The number of sulfonamides is 1. The first-order chi connectivity index (χ1) is 19.6. The number of alkyl halides is 6. The van der Waals surface area contributed by atoms with Gasteiger partial charge in [0.1, 0.15) is 15.6 Å². The van der Waals surface area contributed by atoms with Gasteiger partial charge < -0.3 is 15.9 Å². The summed E-state index contributed by atoms with van der Waals surface area (Å²) < 4.78 is 109. The average Bonchev–Trinajstić information content (AvgIpc) is 3.34. The molecule has 0 amide bonds. The van der Waals surface area contributed by atoms with Gasteiger partial charge in [-0.05, 0) is 42.7 Å². The van der Waals surface area contributed by atoms with E-state index in [-0.39, 0.29) is 20.7 Å². The van der Waals surface area contributed by atoms with E-state index in [1.54, 1.807) is 36.6 Å². The minimum atomic E-state index is -5.08. The molecule has 2 aromatic heterocycles. The lowest BCUT2D eigenvalue weighted by Crippen LogP contribution is -2.21. The highest BCUT2D eigenvalue weighted by molar-refractivity contribution is 9.10. The maximum Gasteiger partial charge on any atom is 0.490 e. The number of halogens is 7. The third-order valence-electron chi connectivity index (χ3n) is 4.12. The number of carboxylic acid groups (broad SMARTS) is 2. The van der Waals surface area contributed by atoms with Crippen LogP contribution in [0.4, 0.5) is 26.3 Å². The van der Waals surface area contributed by atoms with Crippen LogP contribution >= 0.6 is 39.0 Å². The van der Waals surface area contributed by atoms with Crippen LogP contribution in [-0.4, -0.2) is 64.2 Å². The zero-order chi connectivity index (χ0) is 33.4. The van der Waals surface area contributed by atoms with Crippen molar-refractivity contribution in [2.45, 2.75) is 31.4 Å². The number of aromatic nitrogens is 1. The fourth-order valence-corrected chi connectivity index (χ4v) is 9.37. The molecular weight excluding hydrogens is 742 g/mol. The summed E-state index contributed by atoms with van der Waals surface area (Å²) in [7, 11) is -7.96. The van der Waals surface area contributed by atoms with Crippen molar-refractivity contribution >= 4 is 76.6 Å². The van der Waals surface area contributed by atoms with Gasteiger partial charge in [-0.2, -0.15) is 34.8 Å². The Morgan fingerprint density at radius 2 is 1.53 bits per heavy atom. The summed E-state index contributed by atoms with van der Waals surface area (Å²) in [5.74, 6) is -5.71. The summed E-state index contributed by atoms with van der Waals surface area (Å²) in [5.41, 5.74) is 5.60. The summed E-state index contributed by atoms with van der Waals surface area (Å²) in [6.45, 7) is 0. The van der Waals surface area contributed by atoms with Gasteiger partial charge in [0, 0.05) is 10.7 Å². The fraction of sp³-hybridized carbons (Fsp3) is 0.143. The van der Waals surface area contributed by atoms with Gasteiger partial charge in [-0.3, -0.25) is 5.41 Å². The smallest absolute Gasteiger partial charge is 0.475 e. The molecular formula is C21H17BrF6N4O7S4. The van der Waals surface area contributed by atoms with Crippen molar-refractivity contribution in [2.75, 3.05) is 6.26 Å². The van der Waals surface area contributed by atoms with E-state index in [1.807, 2.05) is 0 Å². The number of nitrogen functional groups attached to an aromatic ring is 1. The normalized spacial score (nSPS) is 12.8. The molecule has 1 atom stereocenters. The number of carbonyl (C=O) groups is 2. The Kier molecular flexibility index (Phi) is 13.2. The molecule has 11 nitrogen and oxygen atoms in total. The third kappa shape index (κ3) is 11.1. The molecule has 0 saturated heterocycles. The van der Waals surface area contributed by atoms with E-state index >= 15 is 0 Å². The molecule has 0 fully saturated rings. The molecule has 3 aromatic rings. The quantitative estimate of drug-likeness (QED) is 0.108. The van der Waals surface area contributed by atoms with E-state index in [4.69, 9.17) is 30.9 Å². The number of hydrogen-bond acceptors (Lipinski definition) is 9. The van der Waals surface area contributed by atoms with Crippen LogP contribution in [0, 0.1) is 5.41 Å². The Balaban J connectivity index is 0.000000548. The largest absolute Gasteiger partial charge is 0.490 e. The maximum absolute atomic E-state index is 14.2. The van der Waals surface area contributed by atoms with Gasteiger partial charge in [0.25, 0.3) is 0 Å². The lowest BCUT2D eigenvalue weighted by atomic mass is 10.4. The van der Waals surface area contributed by atoms with Crippen molar-refractivity contribution < 1.29 is 58.8 Å². The van der Waals surface area contributed by atoms with Gasteiger partial charge in [0.15, 0.2) is 5.03 Å². The summed E-state index contributed by atoms with van der Waals surface area (Å²) in [6, 6.07) is 12.4. The summed E-state index contributed by atoms with van der Waals surface area (Å²) >= 11 is 5.78. The molecule has 0 saturated carbocycles. The molecule has 0 aliphatic carbocycles. The SMILES string of the molecule is CSc1sc(C(=N)N)cc1S(=O)(=NS(=O)(=O)c1ccccn1)c1cccc(Br)c1.O=C(O)C(F)(F)F.O=C(O)C(F)(F)F. The van der Waals surface area contributed by atoms with Crippen LogP contribution in [0.25, 0.3) is 0 Å². The summed E-state index contributed by atoms with van der Waals surface area (Å²) in [4.78, 5) is 22.4. The van der Waals surface area contributed by atoms with Gasteiger partial charge in [0.05, 0.1) is 18.9 Å². The third-order valence-corrected chi connectivity index (χ3v) is 11.4. The molecule has 2 heterocycles. The van der Waals surface area contributed by atoms with Gasteiger partial charge in [-0.15, -0.1) is 23.1 Å². The number of nitrogens with one attached hydrogen (secondary N) is 1. The molecule has 0 spiro atoms. The van der Waals surface area contributed by atoms with Gasteiger partial charge in [0.2, 0.25) is 0 Å². The Hall–Kier alpha value is -3.21. The number of amidine groups is 1. The number of thioether (sulfide) groups is 1. The molecule has 0 aliphatic rings. The molecule has 0 bridgehead atoms. The minimum absolute atomic E-state index is 0.194. The van der Waals surface area contributed by atoms with Crippen molar-refractivity contribution in [1.29, 1.82) is 5.41 Å². The Bertz CT molecular complexity index is 1680. The Morgan fingerprint density at radius 1 is 1.00 bits per heavy atom. The van der Waals surface area contributed by atoms with E-state index in [1.165, 1.54) is 47.5 Å². The van der Waals surface area contributed by atoms with Crippen molar-refractivity contribution in [3.05, 3.63) is 64.1 Å². The van der Waals surface area contributed by atoms with Crippen LogP contribution in [0.15, 0.2) is 82.0 Å². The Morgan fingerprint density at radius 3 is 1.93 bits per heavy atom. The number of hydrogen-bond donors (Lipinski definition) is 4. The number of aliphatic carboxylic acids is 2. The van der Waals surface area contributed by atoms with E-state index in [0.717, 1.165) is 0 Å². The molecule has 1 aromatic carbocycles. The number of thiophene rings is 1. The first-order valence-corrected chi connectivity index (χ1v) is 16.2. The highest BCUT2D eigenvalue weighted by Crippen LogP contribution is 2.39. The van der Waals surface area contributed by atoms with Gasteiger partial charge in [-0.1, -0.05) is 31.8 Å². The number of pyridine rings is 1. The highest BCUT2D eigenvalue weighted by Gasteiger charge is 2.39. The average molecular weight is 760 g/mol. The zero-order valence-corrected chi connectivity index (χ0v) is 25.7. The number of nitrogens with two attached hydrogens (primary N) is 1. The summed E-state index contributed by atoms with van der Waals surface area (Å²) in [6.07, 6.45) is -7.07. The van der Waals surface area contributed by atoms with Crippen LogP contribution < -0.4 is 5.73 Å². The minimum Gasteiger partial charge on any atom is -0.475 e. The molecule has 5 N–H and O–H groups in total. The number of nitrogens with zero attached hydrogens (tertiary/aromatic N) is 2. The predicted molar refractivity (Wildman–Crippen MR) is 147 cm³/mol. The zero-order valence-electron chi connectivity index (χ0n) is 20.9. The van der Waals surface area contributed by atoms with Gasteiger partial charge in [-0.25, -0.2) is 18.8 Å². The van der Waals surface area contributed by atoms with Crippen LogP contribution in [0.3, 0.4) is 0 Å².